The smallest absolute Gasteiger partial charge is 0.0352 e. The van der Waals surface area contributed by atoms with Crippen LogP contribution in [0.4, 0.5) is 0 Å². The third-order valence-electron chi connectivity index (χ3n) is 5.88. The van der Waals surface area contributed by atoms with Gasteiger partial charge in [0.25, 0.3) is 0 Å². The van der Waals surface area contributed by atoms with Crippen LogP contribution in [0.2, 0.25) is 0 Å². The summed E-state index contributed by atoms with van der Waals surface area (Å²) in [5.74, 6) is 0.884. The van der Waals surface area contributed by atoms with Crippen LogP contribution < -0.4 is 0 Å². The first-order valence-electron chi connectivity index (χ1n) is 9.52. The van der Waals surface area contributed by atoms with E-state index in [4.69, 9.17) is 0 Å². The Morgan fingerprint density at radius 2 is 1.00 bits per heavy atom. The van der Waals surface area contributed by atoms with Crippen molar-refractivity contribution in [3.63, 3.8) is 0 Å². The molecule has 0 nitrogen and oxygen atoms in total. The Labute approximate surface area is 135 Å². The Kier molecular flexibility index (Phi) is 6.81. The van der Waals surface area contributed by atoms with Crippen LogP contribution in [0.1, 0.15) is 113 Å². The first-order valence-corrected chi connectivity index (χ1v) is 9.52. The predicted molar refractivity (Wildman–Crippen MR) is 96.7 cm³/mol. The van der Waals surface area contributed by atoms with Crippen LogP contribution in [-0.4, -0.2) is 0 Å². The monoisotopic (exact) mass is 294 g/mol. The van der Waals surface area contributed by atoms with E-state index >= 15 is 0 Å². The highest BCUT2D eigenvalue weighted by Gasteiger charge is 2.26. The summed E-state index contributed by atoms with van der Waals surface area (Å²) in [6, 6.07) is 0. The van der Waals surface area contributed by atoms with Crippen LogP contribution in [0.3, 0.4) is 0 Å². The quantitative estimate of drug-likeness (QED) is 0.431. The fraction of sp³-hybridized carbons (Fsp3) is 1.00. The second-order valence-electron chi connectivity index (χ2n) is 10.4. The van der Waals surface area contributed by atoms with Crippen molar-refractivity contribution in [1.82, 2.24) is 0 Å². The molecule has 1 rings (SSSR count). The van der Waals surface area contributed by atoms with E-state index in [2.05, 4.69) is 48.5 Å². The lowest BCUT2D eigenvalue weighted by Crippen LogP contribution is -2.20. The van der Waals surface area contributed by atoms with E-state index in [1.807, 2.05) is 0 Å². The fourth-order valence-electron chi connectivity index (χ4n) is 4.29. The Hall–Kier alpha value is 0. The van der Waals surface area contributed by atoms with Gasteiger partial charge in [-0.2, -0.15) is 0 Å². The largest absolute Gasteiger partial charge is 0.0625 e. The van der Waals surface area contributed by atoms with Crippen molar-refractivity contribution in [2.75, 3.05) is 0 Å². The molecule has 0 amide bonds. The summed E-state index contributed by atoms with van der Waals surface area (Å²) < 4.78 is 0. The molecule has 126 valence electrons. The molecule has 0 aromatic rings. The minimum atomic E-state index is 0.532. The summed E-state index contributed by atoms with van der Waals surface area (Å²) in [7, 11) is 0. The van der Waals surface area contributed by atoms with Crippen LogP contribution in [-0.2, 0) is 0 Å². The summed E-state index contributed by atoms with van der Waals surface area (Å²) in [4.78, 5) is 0. The second-order valence-corrected chi connectivity index (χ2v) is 10.4. The van der Waals surface area contributed by atoms with Gasteiger partial charge in [-0.25, -0.2) is 0 Å². The molecule has 0 radical (unpaired) electrons. The van der Waals surface area contributed by atoms with E-state index in [0.717, 1.165) is 5.92 Å². The van der Waals surface area contributed by atoms with Gasteiger partial charge in [-0.15, -0.1) is 0 Å². The van der Waals surface area contributed by atoms with Crippen LogP contribution in [0, 0.1) is 22.2 Å². The molecule has 1 aliphatic rings. The third-order valence-corrected chi connectivity index (χ3v) is 5.88. The van der Waals surface area contributed by atoms with E-state index < -0.39 is 0 Å². The Morgan fingerprint density at radius 1 is 0.571 bits per heavy atom. The molecule has 1 saturated carbocycles. The van der Waals surface area contributed by atoms with Gasteiger partial charge in [-0.1, -0.05) is 74.1 Å². The van der Waals surface area contributed by atoms with Crippen LogP contribution in [0.5, 0.6) is 0 Å². The lowest BCUT2D eigenvalue weighted by atomic mass is 9.72. The molecular weight excluding hydrogens is 252 g/mol. The van der Waals surface area contributed by atoms with Gasteiger partial charge in [0.1, 0.15) is 0 Å². The maximum Gasteiger partial charge on any atom is -0.0352 e. The average Bonchev–Trinajstić information content (AvgIpc) is 2.30. The number of rotatable bonds is 0. The molecule has 0 N–H and O–H groups in total. The molecule has 1 atom stereocenters. The second kappa shape index (κ2) is 7.51. The summed E-state index contributed by atoms with van der Waals surface area (Å²) >= 11 is 0. The van der Waals surface area contributed by atoms with Gasteiger partial charge < -0.3 is 0 Å². The first-order chi connectivity index (χ1) is 9.52. The van der Waals surface area contributed by atoms with Crippen LogP contribution in [0.25, 0.3) is 0 Å². The molecule has 1 aliphatic carbocycles. The SMILES string of the molecule is CC1CCC(C)(C)CCCCC(C)(C)CCCC(C)(C)C1. The van der Waals surface area contributed by atoms with E-state index in [-0.39, 0.29) is 0 Å². The molecule has 0 aliphatic heterocycles. The van der Waals surface area contributed by atoms with Crippen LogP contribution >= 0.6 is 0 Å². The Morgan fingerprint density at radius 3 is 1.57 bits per heavy atom. The van der Waals surface area contributed by atoms with Crippen molar-refractivity contribution in [3.8, 4) is 0 Å². The van der Waals surface area contributed by atoms with Crippen molar-refractivity contribution >= 4 is 0 Å². The average molecular weight is 295 g/mol. The summed E-state index contributed by atoms with van der Waals surface area (Å²) in [6.45, 7) is 17.4. The van der Waals surface area contributed by atoms with Gasteiger partial charge >= 0.3 is 0 Å². The topological polar surface area (TPSA) is 0 Å². The highest BCUT2D eigenvalue weighted by molar-refractivity contribution is 4.78. The van der Waals surface area contributed by atoms with Gasteiger partial charge in [0, 0.05) is 0 Å². The predicted octanol–water partition coefficient (Wildman–Crippen LogP) is 7.62. The lowest BCUT2D eigenvalue weighted by molar-refractivity contribution is 0.187. The minimum Gasteiger partial charge on any atom is -0.0625 e. The molecule has 0 heterocycles. The molecular formula is C21H42. The number of hydrogen-bond donors (Lipinski definition) is 0. The maximum atomic E-state index is 2.49. The zero-order valence-electron chi connectivity index (χ0n) is 16.1. The highest BCUT2D eigenvalue weighted by atomic mass is 14.3. The van der Waals surface area contributed by atoms with Crippen molar-refractivity contribution in [2.45, 2.75) is 113 Å². The molecule has 0 heteroatoms. The minimum absolute atomic E-state index is 0.532. The van der Waals surface area contributed by atoms with E-state index in [1.54, 1.807) is 0 Å². The maximum absolute atomic E-state index is 2.49. The van der Waals surface area contributed by atoms with E-state index in [9.17, 15) is 0 Å². The standard InChI is InChI=1S/C21H42/c1-18-11-16-20(4,5)13-9-8-12-19(2,3)14-10-15-21(6,7)17-18/h18H,8-17H2,1-7H3. The van der Waals surface area contributed by atoms with Gasteiger partial charge in [0.15, 0.2) is 0 Å². The van der Waals surface area contributed by atoms with Crippen LogP contribution in [0.15, 0.2) is 0 Å². The summed E-state index contributed by atoms with van der Waals surface area (Å²) in [6.07, 6.45) is 14.2. The molecule has 0 saturated heterocycles. The number of hydrogen-bond acceptors (Lipinski definition) is 0. The van der Waals surface area contributed by atoms with Gasteiger partial charge in [0.2, 0.25) is 0 Å². The normalized spacial score (nSPS) is 31.3. The van der Waals surface area contributed by atoms with Crippen molar-refractivity contribution < 1.29 is 0 Å². The third kappa shape index (κ3) is 8.27. The van der Waals surface area contributed by atoms with Gasteiger partial charge in [0.05, 0.1) is 0 Å². The summed E-state index contributed by atoms with van der Waals surface area (Å²) in [5.41, 5.74) is 1.63. The van der Waals surface area contributed by atoms with Gasteiger partial charge in [-0.3, -0.25) is 0 Å². The Bertz CT molecular complexity index is 295. The van der Waals surface area contributed by atoms with Gasteiger partial charge in [-0.05, 0) is 60.7 Å². The lowest BCUT2D eigenvalue weighted by Gasteiger charge is -2.33. The highest BCUT2D eigenvalue weighted by Crippen LogP contribution is 2.39. The molecule has 0 aromatic heterocycles. The van der Waals surface area contributed by atoms with Crippen molar-refractivity contribution in [3.05, 3.63) is 0 Å². The molecule has 0 bridgehead atoms. The molecule has 0 aromatic carbocycles. The first kappa shape index (κ1) is 19.0. The molecule has 1 fully saturated rings. The van der Waals surface area contributed by atoms with Crippen molar-refractivity contribution in [1.29, 1.82) is 0 Å². The Balaban J connectivity index is 2.67. The zero-order chi connectivity index (χ0) is 16.1. The van der Waals surface area contributed by atoms with E-state index in [0.29, 0.717) is 16.2 Å². The molecule has 1 unspecified atom stereocenters. The molecule has 21 heavy (non-hydrogen) atoms. The van der Waals surface area contributed by atoms with E-state index in [1.165, 1.54) is 64.2 Å². The molecule has 0 spiro atoms. The fourth-order valence-corrected chi connectivity index (χ4v) is 4.29. The van der Waals surface area contributed by atoms with Crippen molar-refractivity contribution in [2.24, 2.45) is 22.2 Å². The zero-order valence-corrected chi connectivity index (χ0v) is 16.1. The summed E-state index contributed by atoms with van der Waals surface area (Å²) in [5, 5.41) is 0.